The Balaban J connectivity index is 0.719. The van der Waals surface area contributed by atoms with E-state index in [-0.39, 0.29) is 29.0 Å². The molecule has 2 aromatic carbocycles. The van der Waals surface area contributed by atoms with Crippen LogP contribution in [0.3, 0.4) is 0 Å². The SMILES string of the molecule is C[C@H]1CN(c2cc(-c3ccccc3O)nnc2N)C[C@@H]2CC2[C@]2(c3nccc(C4CCN([C@H]5CC[C@@H](c6cccc7c6OCCN7C6CCC(=O)NC6=O)CC5)CC4)n3)CC12. The first-order valence-corrected chi connectivity index (χ1v) is 22.8. The van der Waals surface area contributed by atoms with Crippen LogP contribution in [0.1, 0.15) is 100 Å². The summed E-state index contributed by atoms with van der Waals surface area (Å²) in [6.07, 6.45) is 12.2. The lowest BCUT2D eigenvalue weighted by Crippen LogP contribution is -2.54. The highest BCUT2D eigenvalue weighted by Gasteiger charge is 2.70. The number of piperidine rings is 2. The number of phenolic OH excluding ortho intramolecular Hbond substituents is 1. The van der Waals surface area contributed by atoms with E-state index in [9.17, 15) is 14.7 Å². The van der Waals surface area contributed by atoms with Crippen LogP contribution in [0.5, 0.6) is 11.5 Å². The number of anilines is 3. The minimum Gasteiger partial charge on any atom is -0.507 e. The molecule has 0 bridgehead atoms. The third-order valence-electron chi connectivity index (χ3n) is 15.8. The largest absolute Gasteiger partial charge is 0.507 e. The van der Waals surface area contributed by atoms with Crippen LogP contribution in [0.25, 0.3) is 11.3 Å². The predicted molar refractivity (Wildman–Crippen MR) is 232 cm³/mol. The number of nitrogen functional groups attached to an aromatic ring is 1. The third kappa shape index (κ3) is 6.87. The number of rotatable bonds is 7. The number of likely N-dealkylation sites (tertiary alicyclic amines) is 1. The van der Waals surface area contributed by atoms with Gasteiger partial charge in [-0.1, -0.05) is 31.2 Å². The summed E-state index contributed by atoms with van der Waals surface area (Å²) in [5, 5.41) is 21.7. The molecular weight excluding hydrogens is 767 g/mol. The molecule has 6 atom stereocenters. The number of nitrogens with zero attached hydrogens (tertiary/aromatic N) is 7. The molecule has 4 aliphatic heterocycles. The number of ether oxygens (including phenoxy) is 1. The van der Waals surface area contributed by atoms with Crippen LogP contribution < -0.4 is 25.6 Å². The predicted octanol–water partition coefficient (Wildman–Crippen LogP) is 6.18. The van der Waals surface area contributed by atoms with Crippen LogP contribution in [-0.4, -0.2) is 93.4 Å². The number of imide groups is 1. The number of aromatic hydroxyl groups is 1. The van der Waals surface area contributed by atoms with E-state index in [0.717, 1.165) is 81.2 Å². The molecule has 2 aromatic heterocycles. The van der Waals surface area contributed by atoms with Crippen LogP contribution in [0.4, 0.5) is 17.2 Å². The van der Waals surface area contributed by atoms with Crippen molar-refractivity contribution in [3.63, 3.8) is 0 Å². The molecule has 4 aromatic rings. The monoisotopic (exact) mass is 823 g/mol. The summed E-state index contributed by atoms with van der Waals surface area (Å²) in [6.45, 7) is 7.59. The van der Waals surface area contributed by atoms with Gasteiger partial charge in [-0.05, 0) is 136 Å². The van der Waals surface area contributed by atoms with Gasteiger partial charge in [0, 0.05) is 54.3 Å². The summed E-state index contributed by atoms with van der Waals surface area (Å²) in [4.78, 5) is 42.5. The van der Waals surface area contributed by atoms with E-state index in [0.29, 0.717) is 84.6 Å². The summed E-state index contributed by atoms with van der Waals surface area (Å²) < 4.78 is 6.33. The number of benzene rings is 2. The molecule has 61 heavy (non-hydrogen) atoms. The van der Waals surface area contributed by atoms with Crippen LogP contribution in [0.15, 0.2) is 60.8 Å². The van der Waals surface area contributed by atoms with Crippen LogP contribution in [0.2, 0.25) is 0 Å². The molecule has 3 unspecified atom stereocenters. The van der Waals surface area contributed by atoms with E-state index in [1.807, 2.05) is 30.5 Å². The van der Waals surface area contributed by atoms with Crippen molar-refractivity contribution in [2.24, 2.45) is 23.7 Å². The Labute approximate surface area is 357 Å². The Bertz CT molecular complexity index is 2340. The number of hydrogen-bond donors (Lipinski definition) is 3. The first kappa shape index (κ1) is 38.6. The second-order valence-corrected chi connectivity index (χ2v) is 19.2. The number of carbonyl (C=O) groups is 2. The molecule has 7 aliphatic rings. The van der Waals surface area contributed by atoms with Crippen molar-refractivity contribution in [1.29, 1.82) is 0 Å². The van der Waals surface area contributed by atoms with Gasteiger partial charge in [-0.2, -0.15) is 0 Å². The number of para-hydroxylation sites is 2. The summed E-state index contributed by atoms with van der Waals surface area (Å²) in [6, 6.07) is 18.1. The quantitative estimate of drug-likeness (QED) is 0.182. The Kier molecular flexibility index (Phi) is 9.65. The van der Waals surface area contributed by atoms with Gasteiger partial charge in [-0.15, -0.1) is 10.2 Å². The molecule has 0 spiro atoms. The number of amides is 2. The maximum atomic E-state index is 12.8. The van der Waals surface area contributed by atoms with E-state index in [2.05, 4.69) is 61.4 Å². The van der Waals surface area contributed by atoms with Gasteiger partial charge in [0.2, 0.25) is 11.8 Å². The van der Waals surface area contributed by atoms with E-state index in [4.69, 9.17) is 20.4 Å². The first-order chi connectivity index (χ1) is 29.7. The maximum absolute atomic E-state index is 12.8. The lowest BCUT2D eigenvalue weighted by atomic mass is 9.79. The van der Waals surface area contributed by atoms with Gasteiger partial charge in [0.05, 0.1) is 23.6 Å². The van der Waals surface area contributed by atoms with Crippen molar-refractivity contribution in [3.05, 3.63) is 77.9 Å². The lowest BCUT2D eigenvalue weighted by molar-refractivity contribution is -0.134. The molecular formula is C48H57N9O4. The zero-order valence-electron chi connectivity index (χ0n) is 35.1. The van der Waals surface area contributed by atoms with Gasteiger partial charge < -0.3 is 30.3 Å². The van der Waals surface area contributed by atoms with Crippen LogP contribution in [0, 0.1) is 23.7 Å². The molecule has 11 rings (SSSR count). The van der Waals surface area contributed by atoms with Crippen LogP contribution in [-0.2, 0) is 15.0 Å². The van der Waals surface area contributed by atoms with Gasteiger partial charge in [-0.25, -0.2) is 9.97 Å². The van der Waals surface area contributed by atoms with Crippen molar-refractivity contribution in [2.45, 2.75) is 100 Å². The smallest absolute Gasteiger partial charge is 0.249 e. The van der Waals surface area contributed by atoms with Gasteiger partial charge in [-0.3, -0.25) is 14.9 Å². The average molecular weight is 824 g/mol. The van der Waals surface area contributed by atoms with Crippen molar-refractivity contribution < 1.29 is 19.4 Å². The average Bonchev–Trinajstić information content (AvgIpc) is 4.22. The minimum atomic E-state index is -0.332. The fourth-order valence-electron chi connectivity index (χ4n) is 12.5. The summed E-state index contributed by atoms with van der Waals surface area (Å²) in [5.41, 5.74) is 12.2. The number of phenols is 1. The summed E-state index contributed by atoms with van der Waals surface area (Å²) >= 11 is 0. The van der Waals surface area contributed by atoms with Gasteiger partial charge in [0.1, 0.15) is 30.0 Å². The molecule has 318 valence electrons. The highest BCUT2D eigenvalue weighted by Crippen LogP contribution is 2.70. The highest BCUT2D eigenvalue weighted by atomic mass is 16.5. The fraction of sp³-hybridized carbons (Fsp3) is 0.542. The van der Waals surface area contributed by atoms with Gasteiger partial charge >= 0.3 is 0 Å². The minimum absolute atomic E-state index is 0.0703. The standard InChI is InChI=1S/C48H57N9O4/c1-28-26-56(41-24-38(53-54-45(41)49)34-5-2-3-8-42(34)58)27-31-23-35(31)48(25-36(28)48)47-50-18-15-37(51-47)30-16-19-55(20-17-30)32-11-9-29(10-12-32)33-6-4-7-39-44(33)61-22-21-57(39)40-13-14-43(59)52-46(40)60/h2-8,15,18,24,28-32,35-36,40,58H,9-14,16-17,19-23,25-27H2,1H3,(H2,49,54)(H,52,59,60)/t28-,29-,31-,32+,35?,36?,40?,48+/m0/s1. The maximum Gasteiger partial charge on any atom is 0.249 e. The fourth-order valence-corrected chi connectivity index (χ4v) is 12.5. The molecule has 13 nitrogen and oxygen atoms in total. The van der Waals surface area contributed by atoms with Crippen LogP contribution >= 0.6 is 0 Å². The first-order valence-electron chi connectivity index (χ1n) is 22.8. The van der Waals surface area contributed by atoms with Gasteiger partial charge in [0.15, 0.2) is 5.82 Å². The number of aromatic nitrogens is 4. The van der Waals surface area contributed by atoms with E-state index in [1.165, 1.54) is 30.5 Å². The lowest BCUT2D eigenvalue weighted by Gasteiger charge is -2.42. The van der Waals surface area contributed by atoms with Crippen molar-refractivity contribution in [1.82, 2.24) is 30.4 Å². The summed E-state index contributed by atoms with van der Waals surface area (Å²) in [7, 11) is 0. The molecule has 13 heteroatoms. The van der Waals surface area contributed by atoms with Crippen molar-refractivity contribution in [2.75, 3.05) is 54.9 Å². The Morgan fingerprint density at radius 1 is 0.885 bits per heavy atom. The Morgan fingerprint density at radius 2 is 1.72 bits per heavy atom. The number of nitrogens with two attached hydrogens (primary N) is 1. The van der Waals surface area contributed by atoms with E-state index >= 15 is 0 Å². The molecule has 3 saturated heterocycles. The molecule has 4 N–H and O–H groups in total. The number of nitrogens with one attached hydrogen (secondary N) is 1. The molecule has 3 aliphatic carbocycles. The Morgan fingerprint density at radius 3 is 2.54 bits per heavy atom. The van der Waals surface area contributed by atoms with Gasteiger partial charge in [0.25, 0.3) is 0 Å². The topological polar surface area (TPSA) is 163 Å². The molecule has 6 heterocycles. The van der Waals surface area contributed by atoms with E-state index in [1.54, 1.807) is 6.07 Å². The summed E-state index contributed by atoms with van der Waals surface area (Å²) in [5.74, 6) is 5.25. The number of fused-ring (bicyclic) bond motifs is 4. The van der Waals surface area contributed by atoms with Crippen molar-refractivity contribution >= 4 is 29.0 Å². The zero-order chi connectivity index (χ0) is 41.4. The zero-order valence-corrected chi connectivity index (χ0v) is 35.1. The molecule has 3 saturated carbocycles. The third-order valence-corrected chi connectivity index (χ3v) is 15.8. The molecule has 6 fully saturated rings. The molecule has 0 radical (unpaired) electrons. The van der Waals surface area contributed by atoms with Crippen molar-refractivity contribution in [3.8, 4) is 22.8 Å². The second kappa shape index (κ2) is 15.3. The number of carbonyl (C=O) groups excluding carboxylic acids is 2. The van der Waals surface area contributed by atoms with E-state index < -0.39 is 0 Å². The highest BCUT2D eigenvalue weighted by molar-refractivity contribution is 6.02. The molecule has 2 amide bonds. The normalized spacial score (nSPS) is 31.5. The number of hydrogen-bond acceptors (Lipinski definition) is 12. The Hall–Kier alpha value is -5.30. The second-order valence-electron chi connectivity index (χ2n) is 19.2.